The highest BCUT2D eigenvalue weighted by Crippen LogP contribution is 2.43. The lowest BCUT2D eigenvalue weighted by molar-refractivity contribution is -0.107. The van der Waals surface area contributed by atoms with Gasteiger partial charge in [-0.05, 0) is 38.0 Å². The second-order valence-corrected chi connectivity index (χ2v) is 4.65. The van der Waals surface area contributed by atoms with E-state index in [1.165, 1.54) is 0 Å². The molecule has 2 nitrogen and oxygen atoms in total. The molecule has 0 bridgehead atoms. The number of aliphatic hydroxyl groups is 1. The molecule has 0 unspecified atom stereocenters. The molecule has 80 valence electrons. The summed E-state index contributed by atoms with van der Waals surface area (Å²) in [5.74, 6) is 0.659. The zero-order valence-electron chi connectivity index (χ0n) is 9.12. The highest BCUT2D eigenvalue weighted by atomic mass is 16.3. The molecule has 1 saturated carbocycles. The maximum Gasteiger partial charge on any atom is 0.120 e. The van der Waals surface area contributed by atoms with Crippen molar-refractivity contribution in [1.29, 1.82) is 0 Å². The van der Waals surface area contributed by atoms with Crippen LogP contribution in [0.4, 0.5) is 0 Å². The lowest BCUT2D eigenvalue weighted by Gasteiger charge is -2.26. The fourth-order valence-electron chi connectivity index (χ4n) is 2.35. The van der Waals surface area contributed by atoms with Crippen molar-refractivity contribution in [3.05, 3.63) is 12.2 Å². The van der Waals surface area contributed by atoms with Gasteiger partial charge in [-0.25, -0.2) is 0 Å². The van der Waals surface area contributed by atoms with E-state index in [1.807, 2.05) is 6.92 Å². The third-order valence-electron chi connectivity index (χ3n) is 3.65. The molecule has 0 amide bonds. The number of allylic oxidation sites excluding steroid dienone is 1. The number of aldehydes is 1. The summed E-state index contributed by atoms with van der Waals surface area (Å²) in [6.07, 6.45) is 4.12. The summed E-state index contributed by atoms with van der Waals surface area (Å²) in [7, 11) is 0. The molecule has 0 saturated heterocycles. The van der Waals surface area contributed by atoms with Crippen LogP contribution in [0.2, 0.25) is 0 Å². The Morgan fingerprint density at radius 2 is 2.36 bits per heavy atom. The van der Waals surface area contributed by atoms with E-state index in [4.69, 9.17) is 0 Å². The Morgan fingerprint density at radius 1 is 1.71 bits per heavy atom. The molecule has 14 heavy (non-hydrogen) atoms. The summed E-state index contributed by atoms with van der Waals surface area (Å²) in [5.41, 5.74) is 0.580. The summed E-state index contributed by atoms with van der Waals surface area (Å²) in [6, 6.07) is 0. The number of hydrogen-bond acceptors (Lipinski definition) is 2. The maximum absolute atomic E-state index is 10.2. The molecule has 1 aliphatic rings. The summed E-state index contributed by atoms with van der Waals surface area (Å²) in [5, 5.41) is 10.00. The molecule has 0 aromatic heterocycles. The molecule has 0 spiro atoms. The lowest BCUT2D eigenvalue weighted by Crippen LogP contribution is -2.29. The minimum absolute atomic E-state index is 0.265. The van der Waals surface area contributed by atoms with E-state index in [0.717, 1.165) is 31.1 Å². The number of hydrogen-bond donors (Lipinski definition) is 1. The smallest absolute Gasteiger partial charge is 0.120 e. The molecule has 1 N–H and O–H groups in total. The van der Waals surface area contributed by atoms with E-state index in [9.17, 15) is 9.90 Å². The van der Waals surface area contributed by atoms with Gasteiger partial charge < -0.3 is 9.90 Å². The number of rotatable bonds is 4. The van der Waals surface area contributed by atoms with Gasteiger partial charge in [0.2, 0.25) is 0 Å². The predicted octanol–water partition coefficient (Wildman–Crippen LogP) is 2.32. The summed E-state index contributed by atoms with van der Waals surface area (Å²) < 4.78 is 0. The second-order valence-electron chi connectivity index (χ2n) is 4.65. The van der Waals surface area contributed by atoms with Gasteiger partial charge in [-0.15, -0.1) is 0 Å². The van der Waals surface area contributed by atoms with Gasteiger partial charge in [0.25, 0.3) is 0 Å². The fourth-order valence-corrected chi connectivity index (χ4v) is 2.35. The molecule has 3 atom stereocenters. The van der Waals surface area contributed by atoms with Gasteiger partial charge in [0, 0.05) is 6.42 Å². The van der Waals surface area contributed by atoms with Crippen LogP contribution in [0.15, 0.2) is 12.2 Å². The van der Waals surface area contributed by atoms with Crippen molar-refractivity contribution in [2.45, 2.75) is 45.1 Å². The normalized spacial score (nSPS) is 37.1. The Balaban J connectivity index is 2.54. The predicted molar refractivity (Wildman–Crippen MR) is 56.9 cm³/mol. The van der Waals surface area contributed by atoms with Crippen molar-refractivity contribution in [3.8, 4) is 0 Å². The summed E-state index contributed by atoms with van der Waals surface area (Å²) in [6.45, 7) is 7.99. The zero-order valence-corrected chi connectivity index (χ0v) is 9.12. The first-order chi connectivity index (χ1) is 6.49. The largest absolute Gasteiger partial charge is 0.390 e. The first-order valence-electron chi connectivity index (χ1n) is 5.32. The molecule has 0 aromatic carbocycles. The molecule has 0 radical (unpaired) electrons. The van der Waals surface area contributed by atoms with Crippen molar-refractivity contribution in [1.82, 2.24) is 0 Å². The minimum atomic E-state index is -0.547. The molecular weight excluding hydrogens is 176 g/mol. The minimum Gasteiger partial charge on any atom is -0.390 e. The Labute approximate surface area is 86.0 Å². The van der Waals surface area contributed by atoms with Crippen molar-refractivity contribution in [2.75, 3.05) is 0 Å². The molecule has 1 fully saturated rings. The van der Waals surface area contributed by atoms with Crippen LogP contribution in [0.25, 0.3) is 0 Å². The van der Waals surface area contributed by atoms with Gasteiger partial charge in [-0.3, -0.25) is 0 Å². The van der Waals surface area contributed by atoms with Gasteiger partial charge in [-0.2, -0.15) is 0 Å². The Kier molecular flexibility index (Phi) is 3.48. The zero-order chi connectivity index (χ0) is 10.8. The monoisotopic (exact) mass is 196 g/mol. The van der Waals surface area contributed by atoms with Gasteiger partial charge in [-0.1, -0.05) is 19.1 Å². The Bertz CT molecular complexity index is 230. The maximum atomic E-state index is 10.2. The molecule has 0 aromatic rings. The van der Waals surface area contributed by atoms with Crippen LogP contribution < -0.4 is 0 Å². The average Bonchev–Trinajstić information content (AvgIpc) is 2.39. The average molecular weight is 196 g/mol. The van der Waals surface area contributed by atoms with E-state index in [2.05, 4.69) is 13.5 Å². The first kappa shape index (κ1) is 11.4. The summed E-state index contributed by atoms with van der Waals surface area (Å²) in [4.78, 5) is 10.2. The second kappa shape index (κ2) is 4.26. The highest BCUT2D eigenvalue weighted by molar-refractivity contribution is 5.49. The van der Waals surface area contributed by atoms with Crippen LogP contribution in [0.1, 0.15) is 39.5 Å². The highest BCUT2D eigenvalue weighted by Gasteiger charge is 2.41. The quantitative estimate of drug-likeness (QED) is 0.553. The van der Waals surface area contributed by atoms with Gasteiger partial charge in [0.05, 0.1) is 5.60 Å². The van der Waals surface area contributed by atoms with E-state index in [1.54, 1.807) is 0 Å². The van der Waals surface area contributed by atoms with Gasteiger partial charge >= 0.3 is 0 Å². The Hall–Kier alpha value is -0.630. The van der Waals surface area contributed by atoms with Crippen LogP contribution >= 0.6 is 0 Å². The van der Waals surface area contributed by atoms with Crippen LogP contribution in [-0.2, 0) is 4.79 Å². The molecule has 1 aliphatic carbocycles. The van der Waals surface area contributed by atoms with Crippen molar-refractivity contribution in [3.63, 3.8) is 0 Å². The van der Waals surface area contributed by atoms with E-state index in [0.29, 0.717) is 12.3 Å². The summed E-state index contributed by atoms with van der Waals surface area (Å²) >= 11 is 0. The first-order valence-corrected chi connectivity index (χ1v) is 5.32. The van der Waals surface area contributed by atoms with E-state index < -0.39 is 5.60 Å². The van der Waals surface area contributed by atoms with Crippen LogP contribution in [0.5, 0.6) is 0 Å². The standard InChI is InChI=1S/C12H20O2/c1-9(5-4-8-13)11-6-7-12(3,14)10(11)2/h8,10-11,14H,1,4-7H2,2-3H3/t10-,11-,12+/m0/s1. The SMILES string of the molecule is C=C(CCC=O)[C@@H]1CC[C@@](C)(O)[C@H]1C. The molecule has 2 heteroatoms. The topological polar surface area (TPSA) is 37.3 Å². The third-order valence-corrected chi connectivity index (χ3v) is 3.65. The molecule has 1 rings (SSSR count). The Morgan fingerprint density at radius 3 is 2.79 bits per heavy atom. The molecular formula is C12H20O2. The number of carbonyl (C=O) groups excluding carboxylic acids is 1. The van der Waals surface area contributed by atoms with Crippen molar-refractivity contribution >= 4 is 6.29 Å². The van der Waals surface area contributed by atoms with Crippen molar-refractivity contribution in [2.24, 2.45) is 11.8 Å². The fraction of sp³-hybridized carbons (Fsp3) is 0.750. The third kappa shape index (κ3) is 2.24. The van der Waals surface area contributed by atoms with Crippen LogP contribution in [0.3, 0.4) is 0 Å². The molecule has 0 heterocycles. The van der Waals surface area contributed by atoms with Gasteiger partial charge in [0.1, 0.15) is 6.29 Å². The lowest BCUT2D eigenvalue weighted by atomic mass is 9.84. The molecule has 0 aliphatic heterocycles. The van der Waals surface area contributed by atoms with E-state index >= 15 is 0 Å². The van der Waals surface area contributed by atoms with Gasteiger partial charge in [0.15, 0.2) is 0 Å². The van der Waals surface area contributed by atoms with Crippen LogP contribution in [-0.4, -0.2) is 17.0 Å². The van der Waals surface area contributed by atoms with Crippen LogP contribution in [0, 0.1) is 11.8 Å². The number of carbonyl (C=O) groups is 1. The van der Waals surface area contributed by atoms with E-state index in [-0.39, 0.29) is 5.92 Å². The van der Waals surface area contributed by atoms with Crippen molar-refractivity contribution < 1.29 is 9.90 Å².